The SMILES string of the molecule is CCCCOCCN(C)CC[N+]1(C(=O)c2cnc(-c3cccc(Cc4nn(-c5cnn(C)c5)ccc4=O)c3)nc2)CC1. The molecule has 11 heteroatoms. The zero-order chi connectivity index (χ0) is 29.5. The van der Waals surface area contributed by atoms with Crippen molar-refractivity contribution in [2.45, 2.75) is 26.2 Å². The molecule has 5 rings (SSSR count). The molecule has 4 heterocycles. The molecule has 1 aliphatic rings. The highest BCUT2D eigenvalue weighted by molar-refractivity contribution is 5.89. The van der Waals surface area contributed by atoms with E-state index < -0.39 is 0 Å². The van der Waals surface area contributed by atoms with E-state index in [-0.39, 0.29) is 11.3 Å². The first kappa shape index (κ1) is 29.4. The number of hydrogen-bond donors (Lipinski definition) is 0. The summed E-state index contributed by atoms with van der Waals surface area (Å²) < 4.78 is 9.45. The number of rotatable bonds is 14. The lowest BCUT2D eigenvalue weighted by atomic mass is 10.1. The number of amides is 1. The van der Waals surface area contributed by atoms with Gasteiger partial charge >= 0.3 is 5.91 Å². The van der Waals surface area contributed by atoms with E-state index in [9.17, 15) is 9.59 Å². The minimum Gasteiger partial charge on any atom is -0.380 e. The topological polar surface area (TPSA) is 108 Å². The first-order valence-corrected chi connectivity index (χ1v) is 14.5. The van der Waals surface area contributed by atoms with Gasteiger partial charge in [0, 0.05) is 63.4 Å². The molecule has 0 atom stereocenters. The monoisotopic (exact) mass is 571 g/mol. The summed E-state index contributed by atoms with van der Waals surface area (Å²) in [5.41, 5.74) is 3.34. The zero-order valence-electron chi connectivity index (χ0n) is 24.6. The van der Waals surface area contributed by atoms with Gasteiger partial charge in [-0.3, -0.25) is 14.4 Å². The quantitative estimate of drug-likeness (QED) is 0.129. The van der Waals surface area contributed by atoms with Crippen LogP contribution in [0.2, 0.25) is 0 Å². The van der Waals surface area contributed by atoms with Crippen molar-refractivity contribution in [2.24, 2.45) is 7.05 Å². The molecule has 1 fully saturated rings. The third-order valence-corrected chi connectivity index (χ3v) is 7.65. The van der Waals surface area contributed by atoms with Crippen molar-refractivity contribution < 1.29 is 14.0 Å². The summed E-state index contributed by atoms with van der Waals surface area (Å²) in [7, 11) is 3.91. The van der Waals surface area contributed by atoms with E-state index in [1.807, 2.05) is 37.5 Å². The second-order valence-electron chi connectivity index (χ2n) is 11.0. The van der Waals surface area contributed by atoms with Crippen LogP contribution in [-0.2, 0) is 18.2 Å². The van der Waals surface area contributed by atoms with E-state index in [0.29, 0.717) is 34.6 Å². The van der Waals surface area contributed by atoms with Gasteiger partial charge in [0.2, 0.25) is 5.43 Å². The number of quaternary nitrogens is 1. The maximum atomic E-state index is 13.3. The number of carbonyl (C=O) groups is 1. The highest BCUT2D eigenvalue weighted by Gasteiger charge is 2.50. The van der Waals surface area contributed by atoms with Gasteiger partial charge in [-0.1, -0.05) is 31.5 Å². The van der Waals surface area contributed by atoms with E-state index in [1.54, 1.807) is 34.2 Å². The lowest BCUT2D eigenvalue weighted by Gasteiger charge is -2.21. The molecule has 0 N–H and O–H groups in total. The van der Waals surface area contributed by atoms with Gasteiger partial charge in [0.1, 0.15) is 30.0 Å². The standard InChI is InChI=1S/C31H39N8O3/c1-4-5-16-42-17-12-36(2)11-13-39(14-15-39)31(41)26-20-32-30(33-21-26)25-8-6-7-24(18-25)19-28-29(40)9-10-38(35-28)27-22-34-37(3)23-27/h6-10,18,20-23H,4-5,11-17,19H2,1-3H3/q+1. The minimum atomic E-state index is -0.127. The van der Waals surface area contributed by atoms with E-state index in [0.717, 1.165) is 69.0 Å². The molecule has 4 aromatic rings. The Labute approximate surface area is 246 Å². The predicted molar refractivity (Wildman–Crippen MR) is 159 cm³/mol. The van der Waals surface area contributed by atoms with E-state index in [1.165, 1.54) is 6.07 Å². The van der Waals surface area contributed by atoms with Crippen LogP contribution in [0.25, 0.3) is 17.1 Å². The summed E-state index contributed by atoms with van der Waals surface area (Å²) in [6, 6.07) is 9.26. The van der Waals surface area contributed by atoms with Crippen molar-refractivity contribution in [1.29, 1.82) is 0 Å². The number of benzene rings is 1. The fourth-order valence-electron chi connectivity index (χ4n) is 4.81. The number of unbranched alkanes of at least 4 members (excludes halogenated alkanes) is 1. The molecule has 0 spiro atoms. The molecule has 220 valence electrons. The fourth-order valence-corrected chi connectivity index (χ4v) is 4.81. The van der Waals surface area contributed by atoms with Gasteiger partial charge in [0.15, 0.2) is 5.82 Å². The molecule has 1 aliphatic heterocycles. The first-order valence-electron chi connectivity index (χ1n) is 14.5. The van der Waals surface area contributed by atoms with Crippen molar-refractivity contribution >= 4 is 5.91 Å². The summed E-state index contributed by atoms with van der Waals surface area (Å²) in [6.45, 7) is 7.83. The number of ether oxygens (including phenoxy) is 1. The van der Waals surface area contributed by atoms with Gasteiger partial charge < -0.3 is 4.74 Å². The van der Waals surface area contributed by atoms with Crippen LogP contribution >= 0.6 is 0 Å². The van der Waals surface area contributed by atoms with Gasteiger partial charge in [-0.15, -0.1) is 0 Å². The largest absolute Gasteiger partial charge is 0.380 e. The number of carbonyl (C=O) groups excluding carboxylic acids is 1. The van der Waals surface area contributed by atoms with Crippen LogP contribution in [0.5, 0.6) is 0 Å². The average Bonchev–Trinajstić information content (AvgIpc) is 3.68. The van der Waals surface area contributed by atoms with Gasteiger partial charge in [0.05, 0.1) is 25.5 Å². The smallest absolute Gasteiger partial charge is 0.349 e. The summed E-state index contributed by atoms with van der Waals surface area (Å²) in [6.07, 6.45) is 11.0. The molecule has 0 aliphatic carbocycles. The fraction of sp³-hybridized carbons (Fsp3) is 0.419. The zero-order valence-corrected chi connectivity index (χ0v) is 24.6. The number of aryl methyl sites for hydroxylation is 1. The summed E-state index contributed by atoms with van der Waals surface area (Å²) in [5.74, 6) is 0.602. The molecule has 1 saturated heterocycles. The third-order valence-electron chi connectivity index (χ3n) is 7.65. The van der Waals surface area contributed by atoms with Crippen LogP contribution in [0.4, 0.5) is 0 Å². The van der Waals surface area contributed by atoms with Crippen molar-refractivity contribution in [2.75, 3.05) is 53.0 Å². The average molecular weight is 572 g/mol. The number of nitrogens with zero attached hydrogens (tertiary/aromatic N) is 8. The molecule has 0 radical (unpaired) electrons. The van der Waals surface area contributed by atoms with E-state index >= 15 is 0 Å². The molecule has 0 unspecified atom stereocenters. The van der Waals surface area contributed by atoms with Crippen molar-refractivity contribution in [3.63, 3.8) is 0 Å². The van der Waals surface area contributed by atoms with Crippen LogP contribution in [0, 0.1) is 0 Å². The van der Waals surface area contributed by atoms with Gasteiger partial charge in [-0.2, -0.15) is 10.2 Å². The van der Waals surface area contributed by atoms with E-state index in [2.05, 4.69) is 39.0 Å². The Balaban J connectivity index is 1.21. The van der Waals surface area contributed by atoms with Gasteiger partial charge in [0.25, 0.3) is 0 Å². The Hall–Kier alpha value is -4.06. The number of likely N-dealkylation sites (N-methyl/N-ethyl adjacent to an activating group) is 1. The lowest BCUT2D eigenvalue weighted by molar-refractivity contribution is -0.710. The third kappa shape index (κ3) is 7.22. The van der Waals surface area contributed by atoms with Crippen LogP contribution in [0.3, 0.4) is 0 Å². The van der Waals surface area contributed by atoms with Crippen molar-refractivity contribution in [3.8, 4) is 17.1 Å². The highest BCUT2D eigenvalue weighted by atomic mass is 16.5. The molecular weight excluding hydrogens is 532 g/mol. The van der Waals surface area contributed by atoms with Crippen LogP contribution in [0.15, 0.2) is 66.1 Å². The second-order valence-corrected chi connectivity index (χ2v) is 11.0. The summed E-state index contributed by atoms with van der Waals surface area (Å²) in [5, 5.41) is 8.71. The Morgan fingerprint density at radius 2 is 1.90 bits per heavy atom. The van der Waals surface area contributed by atoms with Gasteiger partial charge in [-0.25, -0.2) is 23.9 Å². The highest BCUT2D eigenvalue weighted by Crippen LogP contribution is 2.26. The minimum absolute atomic E-state index is 0.0722. The van der Waals surface area contributed by atoms with Crippen LogP contribution in [0.1, 0.15) is 41.4 Å². The molecule has 1 amide bonds. The number of hydrogen-bond acceptors (Lipinski definition) is 8. The Morgan fingerprint density at radius 3 is 2.62 bits per heavy atom. The maximum Gasteiger partial charge on any atom is 0.349 e. The molecule has 42 heavy (non-hydrogen) atoms. The Morgan fingerprint density at radius 1 is 1.10 bits per heavy atom. The normalized spacial score (nSPS) is 13.9. The summed E-state index contributed by atoms with van der Waals surface area (Å²) in [4.78, 5) is 37.2. The van der Waals surface area contributed by atoms with Crippen LogP contribution in [-0.4, -0.2) is 97.8 Å². The lowest BCUT2D eigenvalue weighted by Crippen LogP contribution is -2.40. The van der Waals surface area contributed by atoms with Crippen LogP contribution < -0.4 is 5.43 Å². The molecule has 3 aromatic heterocycles. The van der Waals surface area contributed by atoms with Gasteiger partial charge in [-0.05, 0) is 25.1 Å². The molecular formula is C31H39N8O3+. The van der Waals surface area contributed by atoms with Crippen molar-refractivity contribution in [1.82, 2.24) is 34.4 Å². The molecule has 0 saturated carbocycles. The molecule has 1 aromatic carbocycles. The Kier molecular flexibility index (Phi) is 9.31. The Bertz CT molecular complexity index is 1560. The van der Waals surface area contributed by atoms with Crippen molar-refractivity contribution in [3.05, 3.63) is 88.4 Å². The predicted octanol–water partition coefficient (Wildman–Crippen LogP) is 2.73. The second kappa shape index (κ2) is 13.3. The summed E-state index contributed by atoms with van der Waals surface area (Å²) >= 11 is 0. The molecule has 11 nitrogen and oxygen atoms in total. The maximum absolute atomic E-state index is 13.3. The first-order chi connectivity index (χ1) is 20.4. The van der Waals surface area contributed by atoms with E-state index in [4.69, 9.17) is 4.74 Å². The molecule has 0 bridgehead atoms. The number of aromatic nitrogens is 6.